The van der Waals surface area contributed by atoms with Crippen LogP contribution in [0.25, 0.3) is 10.9 Å². The Bertz CT molecular complexity index is 389. The quantitative estimate of drug-likeness (QED) is 0.537. The van der Waals surface area contributed by atoms with Gasteiger partial charge in [0.05, 0.1) is 0 Å². The summed E-state index contributed by atoms with van der Waals surface area (Å²) in [5, 5.41) is 10.3. The van der Waals surface area contributed by atoms with Crippen molar-refractivity contribution in [2.75, 3.05) is 0 Å². The number of rotatable bonds is 0. The van der Waals surface area contributed by atoms with Gasteiger partial charge < -0.3 is 6.53 Å². The molecule has 56 valence electrons. The zero-order valence-electron chi connectivity index (χ0n) is 7.86. The van der Waals surface area contributed by atoms with E-state index in [9.17, 15) is 5.11 Å². The standard InChI is InChI=1S/C9H7NO.K.H/c11-8-5-1-3-7-4-2-6-10-9(7)8;;/h1-6,11H;;/q;+1;-1. The third-order valence-electron chi connectivity index (χ3n) is 1.61. The Morgan fingerprint density at radius 3 is 2.67 bits per heavy atom. The molecular formula is C9H8KNO. The molecule has 0 amide bonds. The number of hydrogen-bond donors (Lipinski definition) is 1. The summed E-state index contributed by atoms with van der Waals surface area (Å²) in [4.78, 5) is 4.03. The molecule has 2 nitrogen and oxygen atoms in total. The fourth-order valence-corrected chi connectivity index (χ4v) is 1.09. The van der Waals surface area contributed by atoms with E-state index in [1.165, 1.54) is 0 Å². The van der Waals surface area contributed by atoms with Crippen LogP contribution in [0.5, 0.6) is 5.75 Å². The van der Waals surface area contributed by atoms with Crippen molar-refractivity contribution in [2.24, 2.45) is 0 Å². The van der Waals surface area contributed by atoms with Crippen LogP contribution in [-0.2, 0) is 0 Å². The average molecular weight is 185 g/mol. The van der Waals surface area contributed by atoms with E-state index in [-0.39, 0.29) is 58.6 Å². The molecule has 2 aromatic rings. The summed E-state index contributed by atoms with van der Waals surface area (Å²) in [6.45, 7) is 0. The molecule has 0 radical (unpaired) electrons. The zero-order valence-corrected chi connectivity index (χ0v) is 9.98. The van der Waals surface area contributed by atoms with Crippen molar-refractivity contribution in [3.05, 3.63) is 36.5 Å². The molecule has 1 N–H and O–H groups in total. The van der Waals surface area contributed by atoms with Gasteiger partial charge in [0.15, 0.2) is 0 Å². The molecule has 1 aromatic carbocycles. The largest absolute Gasteiger partial charge is 1.00 e. The van der Waals surface area contributed by atoms with Gasteiger partial charge in [-0.25, -0.2) is 0 Å². The molecule has 0 unspecified atom stereocenters. The third kappa shape index (κ3) is 1.86. The fraction of sp³-hybridized carbons (Fsp3) is 0. The number of aromatic hydroxyl groups is 1. The van der Waals surface area contributed by atoms with Crippen molar-refractivity contribution in [3.63, 3.8) is 0 Å². The van der Waals surface area contributed by atoms with Gasteiger partial charge in [-0.3, -0.25) is 4.98 Å². The molecule has 0 bridgehead atoms. The van der Waals surface area contributed by atoms with Crippen LogP contribution in [0.15, 0.2) is 36.5 Å². The molecule has 0 saturated heterocycles. The van der Waals surface area contributed by atoms with E-state index in [2.05, 4.69) is 4.98 Å². The number of pyridine rings is 1. The van der Waals surface area contributed by atoms with E-state index < -0.39 is 0 Å². The van der Waals surface area contributed by atoms with Gasteiger partial charge >= 0.3 is 51.4 Å². The van der Waals surface area contributed by atoms with Crippen molar-refractivity contribution in [3.8, 4) is 5.75 Å². The van der Waals surface area contributed by atoms with Gasteiger partial charge in [0, 0.05) is 11.6 Å². The number of benzene rings is 1. The predicted molar refractivity (Wildman–Crippen MR) is 44.5 cm³/mol. The van der Waals surface area contributed by atoms with Gasteiger partial charge in [-0.05, 0) is 12.1 Å². The molecule has 3 heteroatoms. The van der Waals surface area contributed by atoms with Crippen molar-refractivity contribution in [2.45, 2.75) is 0 Å². The molecule has 0 spiro atoms. The monoisotopic (exact) mass is 185 g/mol. The maximum Gasteiger partial charge on any atom is 1.00 e. The topological polar surface area (TPSA) is 33.1 Å². The number of aromatic nitrogens is 1. The summed E-state index contributed by atoms with van der Waals surface area (Å²) >= 11 is 0. The van der Waals surface area contributed by atoms with Crippen LogP contribution in [0, 0.1) is 0 Å². The SMILES string of the molecule is Oc1cccc2cccnc12.[H-].[K+]. The zero-order chi connectivity index (χ0) is 7.68. The first-order valence-electron chi connectivity index (χ1n) is 3.40. The molecular weight excluding hydrogens is 177 g/mol. The van der Waals surface area contributed by atoms with Crippen LogP contribution in [0.3, 0.4) is 0 Å². The minimum Gasteiger partial charge on any atom is -1.00 e. The molecule has 0 fully saturated rings. The summed E-state index contributed by atoms with van der Waals surface area (Å²) in [6.07, 6.45) is 1.67. The maximum absolute atomic E-state index is 9.31. The summed E-state index contributed by atoms with van der Waals surface area (Å²) in [5.41, 5.74) is 0.662. The molecule has 0 atom stereocenters. The number of para-hydroxylation sites is 1. The molecule has 0 aliphatic carbocycles. The average Bonchev–Trinajstić information content (AvgIpc) is 2.06. The molecule has 1 aromatic heterocycles. The maximum atomic E-state index is 9.31. The molecule has 0 aliphatic rings. The first-order chi connectivity index (χ1) is 5.38. The van der Waals surface area contributed by atoms with Crippen molar-refractivity contribution in [1.82, 2.24) is 4.98 Å². The van der Waals surface area contributed by atoms with Crippen molar-refractivity contribution >= 4 is 10.9 Å². The molecule has 12 heavy (non-hydrogen) atoms. The summed E-state index contributed by atoms with van der Waals surface area (Å²) < 4.78 is 0. The molecule has 1 heterocycles. The van der Waals surface area contributed by atoms with Gasteiger partial charge in [0.2, 0.25) is 0 Å². The number of phenolic OH excluding ortho intramolecular Hbond substituents is 1. The summed E-state index contributed by atoms with van der Waals surface area (Å²) in [5.74, 6) is 0.239. The number of nitrogens with zero attached hydrogens (tertiary/aromatic N) is 1. The van der Waals surface area contributed by atoms with Crippen LogP contribution in [0.2, 0.25) is 0 Å². The fourth-order valence-electron chi connectivity index (χ4n) is 1.09. The van der Waals surface area contributed by atoms with Gasteiger partial charge in [-0.2, -0.15) is 0 Å². The number of hydrogen-bond acceptors (Lipinski definition) is 2. The Balaban J connectivity index is 0.000000720. The normalized spacial score (nSPS) is 9.33. The second-order valence-electron chi connectivity index (χ2n) is 2.35. The van der Waals surface area contributed by atoms with E-state index in [4.69, 9.17) is 0 Å². The van der Waals surface area contributed by atoms with Crippen LogP contribution < -0.4 is 51.4 Å². The minimum absolute atomic E-state index is 0. The van der Waals surface area contributed by atoms with Crippen LogP contribution in [0.4, 0.5) is 0 Å². The Kier molecular flexibility index (Phi) is 3.67. The van der Waals surface area contributed by atoms with Gasteiger partial charge in [0.1, 0.15) is 11.3 Å². The van der Waals surface area contributed by atoms with Crippen molar-refractivity contribution in [1.29, 1.82) is 0 Å². The first kappa shape index (κ1) is 10.1. The van der Waals surface area contributed by atoms with E-state index in [1.807, 2.05) is 18.2 Å². The van der Waals surface area contributed by atoms with Crippen LogP contribution >= 0.6 is 0 Å². The van der Waals surface area contributed by atoms with E-state index >= 15 is 0 Å². The number of phenols is 1. The summed E-state index contributed by atoms with van der Waals surface area (Å²) in [6, 6.07) is 9.13. The molecule has 0 aliphatic heterocycles. The summed E-state index contributed by atoms with van der Waals surface area (Å²) in [7, 11) is 0. The second-order valence-corrected chi connectivity index (χ2v) is 2.35. The Morgan fingerprint density at radius 2 is 1.92 bits per heavy atom. The Morgan fingerprint density at radius 1 is 1.17 bits per heavy atom. The van der Waals surface area contributed by atoms with Crippen molar-refractivity contribution < 1.29 is 57.9 Å². The van der Waals surface area contributed by atoms with Gasteiger partial charge in [-0.15, -0.1) is 0 Å². The molecule has 2 rings (SSSR count). The van der Waals surface area contributed by atoms with Crippen LogP contribution in [0.1, 0.15) is 1.43 Å². The Labute approximate surface area is 115 Å². The molecule has 0 saturated carbocycles. The van der Waals surface area contributed by atoms with Gasteiger partial charge in [-0.1, -0.05) is 18.2 Å². The van der Waals surface area contributed by atoms with Crippen LogP contribution in [-0.4, -0.2) is 10.1 Å². The van der Waals surface area contributed by atoms with E-state index in [1.54, 1.807) is 18.3 Å². The smallest absolute Gasteiger partial charge is 1.00 e. The first-order valence-corrected chi connectivity index (χ1v) is 3.40. The second kappa shape index (κ2) is 4.34. The van der Waals surface area contributed by atoms with E-state index in [0.29, 0.717) is 5.52 Å². The minimum atomic E-state index is 0. The van der Waals surface area contributed by atoms with Gasteiger partial charge in [0.25, 0.3) is 0 Å². The predicted octanol–water partition coefficient (Wildman–Crippen LogP) is -0.943. The third-order valence-corrected chi connectivity index (χ3v) is 1.61. The number of fused-ring (bicyclic) bond motifs is 1. The van der Waals surface area contributed by atoms with E-state index in [0.717, 1.165) is 5.39 Å². The Hall–Kier alpha value is 0.0664.